The van der Waals surface area contributed by atoms with Gasteiger partial charge in [0.2, 0.25) is 5.95 Å². The van der Waals surface area contributed by atoms with Gasteiger partial charge in [-0.05, 0) is 97.1 Å². The molecule has 12 rings (SSSR count). The van der Waals surface area contributed by atoms with Crippen LogP contribution in [-0.4, -0.2) is 14.5 Å². The second kappa shape index (κ2) is 13.8. The Balaban J connectivity index is 1.02. The molecular weight excluding hydrogens is 715 g/mol. The summed E-state index contributed by atoms with van der Waals surface area (Å²) in [6.45, 7) is 0. The number of nitrogens with zero attached hydrogens (tertiary/aromatic N) is 3. The molecule has 3 nitrogen and oxygen atoms in total. The van der Waals surface area contributed by atoms with Gasteiger partial charge in [0.25, 0.3) is 0 Å². The number of hydrogen-bond acceptors (Lipinski definition) is 2. The first-order chi connectivity index (χ1) is 29.3. The van der Waals surface area contributed by atoms with E-state index in [1.54, 1.807) is 0 Å². The Hall–Kier alpha value is -7.10. The smallest absolute Gasteiger partial charge is 0.235 e. The zero-order valence-electron chi connectivity index (χ0n) is 32.8. The third-order valence-electron chi connectivity index (χ3n) is 13.0. The number of rotatable bonds is 5. The molecule has 1 aliphatic carbocycles. The first kappa shape index (κ1) is 34.0. The van der Waals surface area contributed by atoms with Crippen LogP contribution in [0.15, 0.2) is 182 Å². The highest BCUT2D eigenvalue weighted by Crippen LogP contribution is 2.42. The Kier molecular flexibility index (Phi) is 7.94. The van der Waals surface area contributed by atoms with Gasteiger partial charge < -0.3 is 0 Å². The van der Waals surface area contributed by atoms with E-state index in [9.17, 15) is 0 Å². The average molecular weight is 756 g/mol. The van der Waals surface area contributed by atoms with Crippen molar-refractivity contribution in [1.29, 1.82) is 0 Å². The fourth-order valence-electron chi connectivity index (χ4n) is 10.2. The van der Waals surface area contributed by atoms with E-state index >= 15 is 0 Å². The van der Waals surface area contributed by atoms with Gasteiger partial charge in [-0.1, -0.05) is 183 Å². The van der Waals surface area contributed by atoms with Crippen molar-refractivity contribution >= 4 is 65.0 Å². The highest BCUT2D eigenvalue weighted by atomic mass is 15.2. The molecule has 11 aromatic rings. The van der Waals surface area contributed by atoms with Crippen molar-refractivity contribution in [2.45, 2.75) is 38.0 Å². The average Bonchev–Trinajstić information content (AvgIpc) is 3.67. The molecule has 2 heterocycles. The van der Waals surface area contributed by atoms with E-state index < -0.39 is 0 Å². The molecular formula is C56H41N3. The lowest BCUT2D eigenvalue weighted by Gasteiger charge is -2.22. The van der Waals surface area contributed by atoms with Crippen LogP contribution in [0.2, 0.25) is 0 Å². The van der Waals surface area contributed by atoms with Crippen molar-refractivity contribution in [3.8, 4) is 39.5 Å². The number of aromatic nitrogens is 3. The van der Waals surface area contributed by atoms with E-state index in [0.717, 1.165) is 33.2 Å². The zero-order chi connectivity index (χ0) is 38.9. The zero-order valence-corrected chi connectivity index (χ0v) is 32.8. The fraction of sp³-hybridized carbons (Fsp3) is 0.107. The van der Waals surface area contributed by atoms with Crippen LogP contribution in [0.5, 0.6) is 0 Å². The predicted octanol–water partition coefficient (Wildman–Crippen LogP) is 15.2. The van der Waals surface area contributed by atoms with Crippen LogP contribution < -0.4 is 0 Å². The molecule has 0 spiro atoms. The van der Waals surface area contributed by atoms with E-state index in [2.05, 4.69) is 187 Å². The number of hydrogen-bond donors (Lipinski definition) is 0. The summed E-state index contributed by atoms with van der Waals surface area (Å²) in [6, 6.07) is 66.6. The van der Waals surface area contributed by atoms with Crippen LogP contribution in [0.25, 0.3) is 104 Å². The lowest BCUT2D eigenvalue weighted by molar-refractivity contribution is 0.444. The molecule has 1 fully saturated rings. The van der Waals surface area contributed by atoms with Crippen LogP contribution in [-0.2, 0) is 0 Å². The Morgan fingerprint density at radius 3 is 1.68 bits per heavy atom. The van der Waals surface area contributed by atoms with Gasteiger partial charge in [0.05, 0.1) is 22.2 Å². The molecule has 2 aromatic heterocycles. The van der Waals surface area contributed by atoms with Crippen molar-refractivity contribution < 1.29 is 0 Å². The van der Waals surface area contributed by atoms with Gasteiger partial charge >= 0.3 is 0 Å². The maximum absolute atomic E-state index is 5.48. The third kappa shape index (κ3) is 5.56. The summed E-state index contributed by atoms with van der Waals surface area (Å²) >= 11 is 0. The van der Waals surface area contributed by atoms with E-state index in [4.69, 9.17) is 9.97 Å². The standard InChI is InChI=1S/C56H41N3/c1-2-13-36(14-3-1)42-19-10-20-43(35-42)47-25-12-18-40-17-11-24-44(52(40)47)39-27-29-41(30-28-39)55-48-23-8-9-26-49(48)57-56(58-55)59-50-33-31-37-15-4-6-21-45(37)53(50)54-46-22-7-5-16-38(46)32-34-51(54)59/h4-12,15-36H,1-3,13-14H2. The summed E-state index contributed by atoms with van der Waals surface area (Å²) in [5, 5.41) is 10.9. The first-order valence-electron chi connectivity index (χ1n) is 21.1. The van der Waals surface area contributed by atoms with E-state index in [-0.39, 0.29) is 0 Å². The SMILES string of the molecule is c1cc(-c2cccc3cccc(-c4ccc(-c5nc(-n6c7ccc8ccccc8c7c7c8ccccc8ccc76)nc6ccccc56)cc4)c23)cc(C2CCCCC2)c1. The van der Waals surface area contributed by atoms with E-state index in [0.29, 0.717) is 11.9 Å². The molecule has 0 unspecified atom stereocenters. The van der Waals surface area contributed by atoms with E-state index in [1.165, 1.54) is 103 Å². The highest BCUT2D eigenvalue weighted by Gasteiger charge is 2.21. The molecule has 0 N–H and O–H groups in total. The Bertz CT molecular complexity index is 3320. The van der Waals surface area contributed by atoms with Crippen molar-refractivity contribution in [1.82, 2.24) is 14.5 Å². The van der Waals surface area contributed by atoms with Crippen LogP contribution >= 0.6 is 0 Å². The van der Waals surface area contributed by atoms with Crippen molar-refractivity contribution in [3.63, 3.8) is 0 Å². The topological polar surface area (TPSA) is 30.7 Å². The van der Waals surface area contributed by atoms with Crippen molar-refractivity contribution in [2.75, 3.05) is 0 Å². The van der Waals surface area contributed by atoms with Gasteiger partial charge in [0, 0.05) is 21.7 Å². The predicted molar refractivity (Wildman–Crippen MR) is 249 cm³/mol. The number of fused-ring (bicyclic) bond motifs is 9. The minimum atomic E-state index is 0.666. The normalized spacial score (nSPS) is 13.7. The fourth-order valence-corrected chi connectivity index (χ4v) is 10.2. The van der Waals surface area contributed by atoms with Gasteiger partial charge in [-0.25, -0.2) is 9.97 Å². The summed E-state index contributed by atoms with van der Waals surface area (Å²) in [4.78, 5) is 10.8. The largest absolute Gasteiger partial charge is 0.278 e. The molecule has 280 valence electrons. The molecule has 0 atom stereocenters. The van der Waals surface area contributed by atoms with Gasteiger partial charge in [-0.2, -0.15) is 0 Å². The lowest BCUT2D eigenvalue weighted by atomic mass is 9.82. The maximum atomic E-state index is 5.48. The Morgan fingerprint density at radius 1 is 0.407 bits per heavy atom. The Labute approximate surface area is 343 Å². The van der Waals surface area contributed by atoms with Crippen LogP contribution in [0, 0.1) is 0 Å². The molecule has 0 saturated heterocycles. The van der Waals surface area contributed by atoms with Crippen LogP contribution in [0.3, 0.4) is 0 Å². The molecule has 0 aliphatic heterocycles. The molecule has 0 bridgehead atoms. The number of benzene rings is 9. The first-order valence-corrected chi connectivity index (χ1v) is 21.1. The quantitative estimate of drug-likeness (QED) is 0.175. The second-order valence-electron chi connectivity index (χ2n) is 16.3. The van der Waals surface area contributed by atoms with Crippen LogP contribution in [0.1, 0.15) is 43.6 Å². The van der Waals surface area contributed by atoms with Gasteiger partial charge in [0.1, 0.15) is 0 Å². The van der Waals surface area contributed by atoms with Crippen molar-refractivity contribution in [2.24, 2.45) is 0 Å². The molecule has 9 aromatic carbocycles. The van der Waals surface area contributed by atoms with Crippen molar-refractivity contribution in [3.05, 3.63) is 188 Å². The molecule has 3 heteroatoms. The minimum Gasteiger partial charge on any atom is -0.278 e. The summed E-state index contributed by atoms with van der Waals surface area (Å²) in [5.74, 6) is 1.33. The van der Waals surface area contributed by atoms with Gasteiger partial charge in [-0.15, -0.1) is 0 Å². The molecule has 0 radical (unpaired) electrons. The van der Waals surface area contributed by atoms with Gasteiger partial charge in [-0.3, -0.25) is 4.57 Å². The lowest BCUT2D eigenvalue weighted by Crippen LogP contribution is -2.04. The second-order valence-corrected chi connectivity index (χ2v) is 16.3. The summed E-state index contributed by atoms with van der Waals surface area (Å²) < 4.78 is 2.27. The minimum absolute atomic E-state index is 0.666. The highest BCUT2D eigenvalue weighted by molar-refractivity contribution is 6.28. The molecule has 0 amide bonds. The molecule has 59 heavy (non-hydrogen) atoms. The maximum Gasteiger partial charge on any atom is 0.235 e. The summed E-state index contributed by atoms with van der Waals surface area (Å²) in [6.07, 6.45) is 6.64. The summed E-state index contributed by atoms with van der Waals surface area (Å²) in [5.41, 5.74) is 11.6. The van der Waals surface area contributed by atoms with Gasteiger partial charge in [0.15, 0.2) is 0 Å². The number of para-hydroxylation sites is 1. The third-order valence-corrected chi connectivity index (χ3v) is 13.0. The monoisotopic (exact) mass is 755 g/mol. The van der Waals surface area contributed by atoms with E-state index in [1.807, 2.05) is 0 Å². The Morgan fingerprint density at radius 2 is 0.983 bits per heavy atom. The molecule has 1 aliphatic rings. The summed E-state index contributed by atoms with van der Waals surface area (Å²) in [7, 11) is 0. The van der Waals surface area contributed by atoms with Crippen LogP contribution in [0.4, 0.5) is 0 Å². The molecule has 1 saturated carbocycles.